The summed E-state index contributed by atoms with van der Waals surface area (Å²) in [5, 5.41) is 19.5. The third-order valence-corrected chi connectivity index (χ3v) is 2.49. The minimum Gasteiger partial charge on any atom is -0.479 e. The minimum absolute atomic E-state index is 0.335. The lowest BCUT2D eigenvalue weighted by Crippen LogP contribution is -2.30. The number of carbonyl (C=O) groups excluding carboxylic acids is 1. The third kappa shape index (κ3) is 5.55. The number of rotatable bonds is 6. The van der Waals surface area contributed by atoms with Crippen molar-refractivity contribution in [3.8, 4) is 0 Å². The Balaban J connectivity index is 2.35. The predicted molar refractivity (Wildman–Crippen MR) is 64.2 cm³/mol. The van der Waals surface area contributed by atoms with Crippen LogP contribution < -0.4 is 10.8 Å². The maximum Gasteiger partial charge on any atom is 0.345 e. The molecule has 0 aromatic carbocycles. The summed E-state index contributed by atoms with van der Waals surface area (Å²) < 4.78 is 0. The molecule has 9 heteroatoms. The van der Waals surface area contributed by atoms with E-state index in [4.69, 9.17) is 5.11 Å². The van der Waals surface area contributed by atoms with E-state index < -0.39 is 18.6 Å². The molecule has 1 heterocycles. The fourth-order valence-corrected chi connectivity index (χ4v) is 1.97. The van der Waals surface area contributed by atoms with Gasteiger partial charge in [-0.25, -0.2) is 15.1 Å². The predicted octanol–water partition coefficient (Wildman–Crippen LogP) is 0.874. The molecule has 1 rings (SSSR count). The van der Waals surface area contributed by atoms with E-state index in [1.54, 1.807) is 0 Å². The number of urea groups is 1. The molecular formula is C9H14N4O4S. The van der Waals surface area contributed by atoms with E-state index in [-0.39, 0.29) is 0 Å². The number of carbonyl (C=O) groups is 2. The monoisotopic (exact) mass is 274 g/mol. The number of hydrogen-bond acceptors (Lipinski definition) is 6. The number of aliphatic carboxylic acids is 1. The minimum atomic E-state index is -1.18. The van der Waals surface area contributed by atoms with Gasteiger partial charge in [0.05, 0.1) is 0 Å². The molecule has 0 radical (unpaired) electrons. The number of nitrogens with one attached hydrogen (secondary N) is 2. The summed E-state index contributed by atoms with van der Waals surface area (Å²) in [5.74, 6) is -0.719. The number of carboxylic acids is 1. The molecule has 0 saturated carbocycles. The second kappa shape index (κ2) is 6.87. The first-order valence-electron chi connectivity index (χ1n) is 5.20. The molecule has 0 spiro atoms. The molecule has 100 valence electrons. The lowest BCUT2D eigenvalue weighted by Gasteiger charge is -2.02. The van der Waals surface area contributed by atoms with Crippen molar-refractivity contribution in [3.05, 3.63) is 5.01 Å². The van der Waals surface area contributed by atoms with Crippen LogP contribution in [0.5, 0.6) is 0 Å². The SMILES string of the molecule is CC(C)Cc1nnc(NC(=O)NOCC(=O)O)s1. The number of aromatic nitrogens is 2. The molecular weight excluding hydrogens is 260 g/mol. The van der Waals surface area contributed by atoms with Crippen molar-refractivity contribution in [2.24, 2.45) is 5.92 Å². The van der Waals surface area contributed by atoms with E-state index in [0.717, 1.165) is 11.4 Å². The Kier molecular flexibility index (Phi) is 5.46. The first kappa shape index (κ1) is 14.3. The molecule has 0 fully saturated rings. The number of hydrogen-bond donors (Lipinski definition) is 3. The summed E-state index contributed by atoms with van der Waals surface area (Å²) in [4.78, 5) is 25.7. The maximum absolute atomic E-state index is 11.2. The number of amides is 2. The van der Waals surface area contributed by atoms with Crippen molar-refractivity contribution in [1.29, 1.82) is 0 Å². The summed E-state index contributed by atoms with van der Waals surface area (Å²) in [5.41, 5.74) is 1.92. The molecule has 3 N–H and O–H groups in total. The second-order valence-corrected chi connectivity index (χ2v) is 4.90. The van der Waals surface area contributed by atoms with E-state index in [1.807, 2.05) is 5.48 Å². The zero-order valence-electron chi connectivity index (χ0n) is 9.97. The van der Waals surface area contributed by atoms with Gasteiger partial charge >= 0.3 is 12.0 Å². The standard InChI is InChI=1S/C9H14N4O4S/c1-5(2)3-6-11-12-9(18-6)10-8(16)13-17-4-7(14)15/h5H,3-4H2,1-2H3,(H,14,15)(H2,10,12,13,16). The Morgan fingerprint density at radius 3 is 2.78 bits per heavy atom. The third-order valence-electron chi connectivity index (χ3n) is 1.63. The van der Waals surface area contributed by atoms with E-state index in [2.05, 4.69) is 34.2 Å². The van der Waals surface area contributed by atoms with Gasteiger partial charge in [0.2, 0.25) is 5.13 Å². The Morgan fingerprint density at radius 1 is 1.44 bits per heavy atom. The molecule has 1 aromatic rings. The molecule has 2 amide bonds. The van der Waals surface area contributed by atoms with Crippen LogP contribution in [0, 0.1) is 5.92 Å². The Labute approximate surface area is 107 Å². The average molecular weight is 274 g/mol. The van der Waals surface area contributed by atoms with Gasteiger partial charge in [-0.15, -0.1) is 10.2 Å². The lowest BCUT2D eigenvalue weighted by molar-refractivity contribution is -0.143. The van der Waals surface area contributed by atoms with Crippen molar-refractivity contribution < 1.29 is 19.5 Å². The molecule has 0 atom stereocenters. The van der Waals surface area contributed by atoms with Crippen LogP contribution in [0.2, 0.25) is 0 Å². The molecule has 0 aliphatic heterocycles. The van der Waals surface area contributed by atoms with Gasteiger partial charge in [0.1, 0.15) is 5.01 Å². The van der Waals surface area contributed by atoms with Crippen LogP contribution in [0.15, 0.2) is 0 Å². The summed E-state index contributed by atoms with van der Waals surface area (Å²) in [7, 11) is 0. The Hall–Kier alpha value is -1.74. The van der Waals surface area contributed by atoms with E-state index in [9.17, 15) is 9.59 Å². The van der Waals surface area contributed by atoms with Crippen LogP contribution in [-0.2, 0) is 16.1 Å². The van der Waals surface area contributed by atoms with Gasteiger partial charge in [0.25, 0.3) is 0 Å². The highest BCUT2D eigenvalue weighted by Gasteiger charge is 2.09. The number of hydroxylamine groups is 1. The Bertz CT molecular complexity index is 420. The number of nitrogens with zero attached hydrogens (tertiary/aromatic N) is 2. The van der Waals surface area contributed by atoms with Crippen LogP contribution in [-0.4, -0.2) is 33.9 Å². The van der Waals surface area contributed by atoms with Crippen molar-refractivity contribution in [1.82, 2.24) is 15.7 Å². The average Bonchev–Trinajstić information content (AvgIpc) is 2.63. The highest BCUT2D eigenvalue weighted by atomic mass is 32.1. The summed E-state index contributed by atoms with van der Waals surface area (Å²) in [6.07, 6.45) is 0.788. The van der Waals surface area contributed by atoms with Gasteiger partial charge < -0.3 is 5.11 Å². The maximum atomic E-state index is 11.2. The van der Waals surface area contributed by atoms with Crippen LogP contribution in [0.3, 0.4) is 0 Å². The molecule has 1 aromatic heterocycles. The van der Waals surface area contributed by atoms with Crippen molar-refractivity contribution in [3.63, 3.8) is 0 Å². The first-order valence-corrected chi connectivity index (χ1v) is 6.02. The van der Waals surface area contributed by atoms with Gasteiger partial charge in [-0.3, -0.25) is 10.2 Å². The summed E-state index contributed by atoms with van der Waals surface area (Å²) >= 11 is 1.26. The first-order chi connectivity index (χ1) is 8.47. The van der Waals surface area contributed by atoms with Crippen molar-refractivity contribution in [2.75, 3.05) is 11.9 Å². The lowest BCUT2D eigenvalue weighted by atomic mass is 10.1. The van der Waals surface area contributed by atoms with Crippen LogP contribution >= 0.6 is 11.3 Å². The van der Waals surface area contributed by atoms with E-state index in [0.29, 0.717) is 11.0 Å². The molecule has 0 aliphatic rings. The summed E-state index contributed by atoms with van der Waals surface area (Å²) in [6, 6.07) is -0.691. The van der Waals surface area contributed by atoms with Crippen LogP contribution in [0.4, 0.5) is 9.93 Å². The number of anilines is 1. The molecule has 18 heavy (non-hydrogen) atoms. The van der Waals surface area contributed by atoms with Crippen molar-refractivity contribution >= 4 is 28.5 Å². The van der Waals surface area contributed by atoms with Gasteiger partial charge in [0, 0.05) is 6.42 Å². The Morgan fingerprint density at radius 2 is 2.17 bits per heavy atom. The van der Waals surface area contributed by atoms with Gasteiger partial charge in [-0.05, 0) is 5.92 Å². The van der Waals surface area contributed by atoms with Crippen molar-refractivity contribution in [2.45, 2.75) is 20.3 Å². The smallest absolute Gasteiger partial charge is 0.345 e. The van der Waals surface area contributed by atoms with Gasteiger partial charge in [-0.1, -0.05) is 25.2 Å². The van der Waals surface area contributed by atoms with E-state index >= 15 is 0 Å². The van der Waals surface area contributed by atoms with E-state index in [1.165, 1.54) is 11.3 Å². The highest BCUT2D eigenvalue weighted by Crippen LogP contribution is 2.17. The largest absolute Gasteiger partial charge is 0.479 e. The van der Waals surface area contributed by atoms with Crippen LogP contribution in [0.1, 0.15) is 18.9 Å². The molecule has 0 aliphatic carbocycles. The molecule has 8 nitrogen and oxygen atoms in total. The van der Waals surface area contributed by atoms with Gasteiger partial charge in [0.15, 0.2) is 6.61 Å². The normalized spacial score (nSPS) is 10.4. The zero-order chi connectivity index (χ0) is 13.5. The zero-order valence-corrected chi connectivity index (χ0v) is 10.8. The fraction of sp³-hybridized carbons (Fsp3) is 0.556. The quantitative estimate of drug-likeness (QED) is 0.663. The van der Waals surface area contributed by atoms with Gasteiger partial charge in [-0.2, -0.15) is 0 Å². The highest BCUT2D eigenvalue weighted by molar-refractivity contribution is 7.15. The summed E-state index contributed by atoms with van der Waals surface area (Å²) in [6.45, 7) is 3.50. The second-order valence-electron chi connectivity index (χ2n) is 3.84. The molecule has 0 saturated heterocycles. The fourth-order valence-electron chi connectivity index (χ4n) is 1.02. The topological polar surface area (TPSA) is 113 Å². The molecule has 0 bridgehead atoms. The number of carboxylic acid groups (broad SMARTS) is 1. The van der Waals surface area contributed by atoms with Crippen LogP contribution in [0.25, 0.3) is 0 Å². The molecule has 0 unspecified atom stereocenters.